The number of carbonyl (C=O) groups excluding carboxylic acids is 2. The topological polar surface area (TPSA) is 65.8 Å². The van der Waals surface area contributed by atoms with Crippen LogP contribution in [0.2, 0.25) is 5.02 Å². The summed E-state index contributed by atoms with van der Waals surface area (Å²) in [6, 6.07) is 18.5. The molecule has 3 aromatic rings. The molecule has 1 atom stereocenters. The average molecular weight is 438 g/mol. The van der Waals surface area contributed by atoms with E-state index in [1.54, 1.807) is 4.90 Å². The third-order valence-corrected chi connectivity index (χ3v) is 5.50. The second kappa shape index (κ2) is 8.96. The third kappa shape index (κ3) is 4.81. The van der Waals surface area contributed by atoms with E-state index in [9.17, 15) is 9.59 Å². The molecule has 1 aliphatic heterocycles. The van der Waals surface area contributed by atoms with E-state index in [2.05, 4.69) is 5.32 Å². The maximum atomic E-state index is 13.2. The Hall–Kier alpha value is -3.09. The lowest BCUT2D eigenvalue weighted by atomic mass is 10.1. The molecule has 0 fully saturated rings. The molecule has 4 rings (SSSR count). The highest BCUT2D eigenvalue weighted by Crippen LogP contribution is 2.31. The van der Waals surface area contributed by atoms with Crippen molar-refractivity contribution in [2.45, 2.75) is 25.9 Å². The quantitative estimate of drug-likeness (QED) is 0.622. The molecule has 2 aromatic carbocycles. The number of nitrogens with one attached hydrogen (secondary N) is 1. The van der Waals surface area contributed by atoms with E-state index in [0.29, 0.717) is 17.3 Å². The van der Waals surface area contributed by atoms with E-state index in [-0.39, 0.29) is 30.8 Å². The lowest BCUT2D eigenvalue weighted by molar-refractivity contribution is -0.120. The van der Waals surface area contributed by atoms with Gasteiger partial charge >= 0.3 is 0 Å². The Morgan fingerprint density at radius 2 is 1.90 bits per heavy atom. The number of hydrogen-bond acceptors (Lipinski definition) is 4. The summed E-state index contributed by atoms with van der Waals surface area (Å²) in [5.74, 6) is 1.37. The normalized spacial score (nSPS) is 16.1. The molecule has 1 N–H and O–H groups in total. The number of fused-ring (bicyclic) bond motifs is 1. The van der Waals surface area contributed by atoms with E-state index in [4.69, 9.17) is 16.0 Å². The second-order valence-electron chi connectivity index (χ2n) is 7.83. The van der Waals surface area contributed by atoms with Crippen molar-refractivity contribution in [2.75, 3.05) is 23.8 Å². The number of rotatable bonds is 5. The molecule has 0 radical (unpaired) electrons. The minimum absolute atomic E-state index is 0.0663. The summed E-state index contributed by atoms with van der Waals surface area (Å²) in [6.07, 6.45) is 0.257. The van der Waals surface area contributed by atoms with Gasteiger partial charge in [0, 0.05) is 23.0 Å². The monoisotopic (exact) mass is 437 g/mol. The standard InChI is InChI=1S/C24H24ClN3O3/c1-16-13-23(29)26-20-5-3-4-6-21(20)28(16)24(30)15-27(2)14-19-11-12-22(31-19)17-7-9-18(25)10-8-17/h3-12,16H,13-15H2,1-2H3,(H,26,29)/t16-/m1/s1. The zero-order chi connectivity index (χ0) is 22.0. The molecular formula is C24H24ClN3O3. The molecule has 7 heteroatoms. The molecule has 160 valence electrons. The predicted molar refractivity (Wildman–Crippen MR) is 122 cm³/mol. The molecule has 2 amide bonds. The van der Waals surface area contributed by atoms with Crippen LogP contribution in [0.1, 0.15) is 19.1 Å². The summed E-state index contributed by atoms with van der Waals surface area (Å²) in [4.78, 5) is 29.0. The minimum atomic E-state index is -0.232. The summed E-state index contributed by atoms with van der Waals surface area (Å²) in [5, 5.41) is 3.56. The molecule has 6 nitrogen and oxygen atoms in total. The van der Waals surface area contributed by atoms with E-state index in [1.807, 2.05) is 79.5 Å². The molecule has 0 saturated carbocycles. The lowest BCUT2D eigenvalue weighted by Gasteiger charge is -2.29. The van der Waals surface area contributed by atoms with Gasteiger partial charge in [-0.1, -0.05) is 23.7 Å². The number of furan rings is 1. The van der Waals surface area contributed by atoms with Crippen LogP contribution in [0.4, 0.5) is 11.4 Å². The van der Waals surface area contributed by atoms with Gasteiger partial charge in [-0.15, -0.1) is 0 Å². The van der Waals surface area contributed by atoms with Gasteiger partial charge in [0.2, 0.25) is 11.8 Å². The summed E-state index contributed by atoms with van der Waals surface area (Å²) < 4.78 is 5.95. The SMILES string of the molecule is C[C@@H]1CC(=O)Nc2ccccc2N1C(=O)CN(C)Cc1ccc(-c2ccc(Cl)cc2)o1. The fraction of sp³-hybridized carbons (Fsp3) is 0.250. The first-order valence-electron chi connectivity index (χ1n) is 10.1. The molecular weight excluding hydrogens is 414 g/mol. The molecule has 31 heavy (non-hydrogen) atoms. The van der Waals surface area contributed by atoms with Crippen molar-refractivity contribution in [1.29, 1.82) is 0 Å². The number of benzene rings is 2. The molecule has 0 aliphatic carbocycles. The number of halogens is 1. The molecule has 1 aromatic heterocycles. The van der Waals surface area contributed by atoms with Gasteiger partial charge in [-0.25, -0.2) is 0 Å². The van der Waals surface area contributed by atoms with Crippen molar-refractivity contribution in [2.24, 2.45) is 0 Å². The Morgan fingerprint density at radius 1 is 1.16 bits per heavy atom. The van der Waals surface area contributed by atoms with Crippen molar-refractivity contribution in [3.05, 3.63) is 71.4 Å². The highest BCUT2D eigenvalue weighted by Gasteiger charge is 2.30. The highest BCUT2D eigenvalue weighted by atomic mass is 35.5. The van der Waals surface area contributed by atoms with Crippen LogP contribution in [-0.4, -0.2) is 36.3 Å². The van der Waals surface area contributed by atoms with Gasteiger partial charge in [0.1, 0.15) is 11.5 Å². The average Bonchev–Trinajstić information content (AvgIpc) is 3.12. The van der Waals surface area contributed by atoms with Crippen molar-refractivity contribution in [3.63, 3.8) is 0 Å². The lowest BCUT2D eigenvalue weighted by Crippen LogP contribution is -2.44. The van der Waals surface area contributed by atoms with Crippen molar-refractivity contribution < 1.29 is 14.0 Å². The van der Waals surface area contributed by atoms with Gasteiger partial charge in [0.05, 0.1) is 24.5 Å². The van der Waals surface area contributed by atoms with Gasteiger partial charge in [0.15, 0.2) is 0 Å². The zero-order valence-electron chi connectivity index (χ0n) is 17.5. The maximum Gasteiger partial charge on any atom is 0.241 e. The van der Waals surface area contributed by atoms with Crippen LogP contribution in [0, 0.1) is 0 Å². The molecule has 0 spiro atoms. The minimum Gasteiger partial charge on any atom is -0.460 e. The van der Waals surface area contributed by atoms with Crippen LogP contribution in [0.15, 0.2) is 65.1 Å². The highest BCUT2D eigenvalue weighted by molar-refractivity contribution is 6.30. The molecule has 0 bridgehead atoms. The van der Waals surface area contributed by atoms with E-state index < -0.39 is 0 Å². The number of anilines is 2. The van der Waals surface area contributed by atoms with Crippen LogP contribution in [0.25, 0.3) is 11.3 Å². The summed E-state index contributed by atoms with van der Waals surface area (Å²) in [5.41, 5.74) is 2.33. The molecule has 2 heterocycles. The van der Waals surface area contributed by atoms with Crippen LogP contribution in [0.5, 0.6) is 0 Å². The molecule has 1 aliphatic rings. The van der Waals surface area contributed by atoms with E-state index >= 15 is 0 Å². The number of carbonyl (C=O) groups is 2. The maximum absolute atomic E-state index is 13.2. The second-order valence-corrected chi connectivity index (χ2v) is 8.26. The smallest absolute Gasteiger partial charge is 0.241 e. The van der Waals surface area contributed by atoms with Gasteiger partial charge in [-0.05, 0) is 62.5 Å². The Morgan fingerprint density at radius 3 is 2.68 bits per heavy atom. The molecule has 0 unspecified atom stereocenters. The first kappa shape index (κ1) is 21.2. The summed E-state index contributed by atoms with van der Waals surface area (Å²) in [6.45, 7) is 2.58. The number of nitrogens with zero attached hydrogens (tertiary/aromatic N) is 2. The fourth-order valence-electron chi connectivity index (χ4n) is 3.83. The van der Waals surface area contributed by atoms with Crippen LogP contribution in [0.3, 0.4) is 0 Å². The van der Waals surface area contributed by atoms with E-state index in [1.165, 1.54) is 0 Å². The fourth-order valence-corrected chi connectivity index (χ4v) is 3.96. The first-order chi connectivity index (χ1) is 14.9. The Balaban J connectivity index is 1.45. The number of amides is 2. The first-order valence-corrected chi connectivity index (χ1v) is 10.5. The third-order valence-electron chi connectivity index (χ3n) is 5.25. The largest absolute Gasteiger partial charge is 0.460 e. The van der Waals surface area contributed by atoms with Crippen LogP contribution in [-0.2, 0) is 16.1 Å². The van der Waals surface area contributed by atoms with Crippen LogP contribution >= 0.6 is 11.6 Å². The Bertz CT molecular complexity index is 1090. The number of likely N-dealkylation sites (N-methyl/N-ethyl adjacent to an activating group) is 1. The van der Waals surface area contributed by atoms with Gasteiger partial charge < -0.3 is 14.6 Å². The van der Waals surface area contributed by atoms with Gasteiger partial charge in [0.25, 0.3) is 0 Å². The number of para-hydroxylation sites is 2. The number of hydrogen-bond donors (Lipinski definition) is 1. The van der Waals surface area contributed by atoms with Crippen molar-refractivity contribution in [1.82, 2.24) is 4.90 Å². The van der Waals surface area contributed by atoms with Crippen LogP contribution < -0.4 is 10.2 Å². The Kier molecular flexibility index (Phi) is 6.11. The zero-order valence-corrected chi connectivity index (χ0v) is 18.2. The van der Waals surface area contributed by atoms with Gasteiger partial charge in [-0.2, -0.15) is 0 Å². The summed E-state index contributed by atoms with van der Waals surface area (Å²) in [7, 11) is 1.88. The predicted octanol–water partition coefficient (Wildman–Crippen LogP) is 4.80. The van der Waals surface area contributed by atoms with Gasteiger partial charge in [-0.3, -0.25) is 14.5 Å². The summed E-state index contributed by atoms with van der Waals surface area (Å²) >= 11 is 5.95. The van der Waals surface area contributed by atoms with Crippen molar-refractivity contribution >= 4 is 34.8 Å². The van der Waals surface area contributed by atoms with E-state index in [0.717, 1.165) is 22.8 Å². The molecule has 0 saturated heterocycles. The Labute approximate surface area is 186 Å². The van der Waals surface area contributed by atoms with Crippen molar-refractivity contribution in [3.8, 4) is 11.3 Å².